The first-order valence-electron chi connectivity index (χ1n) is 9.41. The minimum Gasteiger partial charge on any atom is -0.492 e. The highest BCUT2D eigenvalue weighted by atomic mass is 19.4. The van der Waals surface area contributed by atoms with Crippen LogP contribution in [0.1, 0.15) is 34.8 Å². The third-order valence-corrected chi connectivity index (χ3v) is 4.62. The second kappa shape index (κ2) is 8.68. The van der Waals surface area contributed by atoms with Crippen LogP contribution in [0.25, 0.3) is 5.78 Å². The number of aromatic nitrogens is 4. The number of aryl methyl sites for hydroxylation is 3. The quantitative estimate of drug-likeness (QED) is 0.593. The van der Waals surface area contributed by atoms with Crippen LogP contribution in [-0.2, 0) is 17.4 Å². The van der Waals surface area contributed by atoms with Crippen molar-refractivity contribution >= 4 is 11.7 Å². The van der Waals surface area contributed by atoms with Gasteiger partial charge in [-0.2, -0.15) is 18.2 Å². The van der Waals surface area contributed by atoms with Crippen molar-refractivity contribution in [2.45, 2.75) is 39.8 Å². The average Bonchev–Trinajstić information content (AvgIpc) is 3.11. The number of hydrogen-bond donors (Lipinski definition) is 1. The van der Waals surface area contributed by atoms with Crippen molar-refractivity contribution in [3.05, 3.63) is 52.6 Å². The molecule has 1 N–H and O–H groups in total. The summed E-state index contributed by atoms with van der Waals surface area (Å²) in [6.07, 6.45) is -4.15. The number of nitrogens with one attached hydrogen (secondary N) is 1. The van der Waals surface area contributed by atoms with Crippen LogP contribution >= 0.6 is 0 Å². The van der Waals surface area contributed by atoms with Crippen molar-refractivity contribution in [3.8, 4) is 5.75 Å². The molecule has 0 atom stereocenters. The second-order valence-corrected chi connectivity index (χ2v) is 6.92. The van der Waals surface area contributed by atoms with Gasteiger partial charge in [-0.05, 0) is 44.9 Å². The van der Waals surface area contributed by atoms with Gasteiger partial charge in [0.2, 0.25) is 5.91 Å². The molecule has 0 unspecified atom stereocenters. The van der Waals surface area contributed by atoms with Crippen molar-refractivity contribution in [1.29, 1.82) is 0 Å². The standard InChI is InChI=1S/C20H22F3N5O2/c1-12-4-6-15(7-5-12)30-11-10-24-17(29)9-8-16-13(2)25-19-26-18(20(21,22)23)27-28(19)14(16)3/h4-7H,8-11H2,1-3H3,(H,24,29). The van der Waals surface area contributed by atoms with Gasteiger partial charge in [-0.1, -0.05) is 17.7 Å². The first-order valence-corrected chi connectivity index (χ1v) is 9.41. The Hall–Kier alpha value is -3.17. The molecule has 7 nitrogen and oxygen atoms in total. The maximum absolute atomic E-state index is 12.9. The number of carbonyl (C=O) groups excluding carboxylic acids is 1. The molecule has 30 heavy (non-hydrogen) atoms. The highest BCUT2D eigenvalue weighted by Gasteiger charge is 2.36. The van der Waals surface area contributed by atoms with Gasteiger partial charge in [0, 0.05) is 17.8 Å². The van der Waals surface area contributed by atoms with Crippen LogP contribution in [0, 0.1) is 20.8 Å². The van der Waals surface area contributed by atoms with Crippen molar-refractivity contribution in [2.75, 3.05) is 13.2 Å². The Morgan fingerprint density at radius 2 is 1.83 bits per heavy atom. The Morgan fingerprint density at radius 3 is 2.50 bits per heavy atom. The molecule has 10 heteroatoms. The monoisotopic (exact) mass is 421 g/mol. The maximum Gasteiger partial charge on any atom is 0.453 e. The van der Waals surface area contributed by atoms with E-state index in [4.69, 9.17) is 4.74 Å². The number of nitrogens with zero attached hydrogens (tertiary/aromatic N) is 4. The van der Waals surface area contributed by atoms with E-state index in [-0.39, 0.29) is 18.1 Å². The fourth-order valence-electron chi connectivity index (χ4n) is 3.01. The zero-order valence-electron chi connectivity index (χ0n) is 16.9. The largest absolute Gasteiger partial charge is 0.492 e. The van der Waals surface area contributed by atoms with Crippen LogP contribution in [0.15, 0.2) is 24.3 Å². The van der Waals surface area contributed by atoms with E-state index in [1.807, 2.05) is 31.2 Å². The molecule has 0 saturated heterocycles. The summed E-state index contributed by atoms with van der Waals surface area (Å²) in [5.74, 6) is -0.803. The van der Waals surface area contributed by atoms with Gasteiger partial charge < -0.3 is 10.1 Å². The molecule has 160 valence electrons. The topological polar surface area (TPSA) is 81.4 Å². The highest BCUT2D eigenvalue weighted by Crippen LogP contribution is 2.27. The van der Waals surface area contributed by atoms with E-state index in [0.717, 1.165) is 15.8 Å². The number of benzene rings is 1. The Bertz CT molecular complexity index is 1050. The Balaban J connectivity index is 1.55. The van der Waals surface area contributed by atoms with Gasteiger partial charge >= 0.3 is 6.18 Å². The molecule has 3 rings (SSSR count). The predicted octanol–water partition coefficient (Wildman–Crippen LogP) is 3.20. The van der Waals surface area contributed by atoms with E-state index in [2.05, 4.69) is 20.4 Å². The van der Waals surface area contributed by atoms with Gasteiger partial charge in [-0.25, -0.2) is 9.50 Å². The van der Waals surface area contributed by atoms with Gasteiger partial charge in [0.25, 0.3) is 11.6 Å². The summed E-state index contributed by atoms with van der Waals surface area (Å²) in [6.45, 7) is 5.98. The second-order valence-electron chi connectivity index (χ2n) is 6.92. The van der Waals surface area contributed by atoms with Crippen molar-refractivity contribution in [2.24, 2.45) is 0 Å². The molecule has 0 aliphatic rings. The number of halogens is 3. The fraction of sp³-hybridized carbons (Fsp3) is 0.400. The van der Waals surface area contributed by atoms with Crippen molar-refractivity contribution in [1.82, 2.24) is 24.9 Å². The van der Waals surface area contributed by atoms with E-state index in [9.17, 15) is 18.0 Å². The van der Waals surface area contributed by atoms with Gasteiger partial charge in [0.1, 0.15) is 12.4 Å². The number of rotatable bonds is 7. The summed E-state index contributed by atoms with van der Waals surface area (Å²) in [5, 5.41) is 6.27. The first-order chi connectivity index (χ1) is 14.1. The molecule has 0 fully saturated rings. The highest BCUT2D eigenvalue weighted by molar-refractivity contribution is 5.76. The van der Waals surface area contributed by atoms with Crippen molar-refractivity contribution < 1.29 is 22.7 Å². The minimum absolute atomic E-state index is 0.112. The van der Waals surface area contributed by atoms with E-state index in [1.54, 1.807) is 13.8 Å². The van der Waals surface area contributed by atoms with Gasteiger partial charge in [-0.15, -0.1) is 5.10 Å². The Labute approximate surface area is 171 Å². The average molecular weight is 421 g/mol. The van der Waals surface area contributed by atoms with Crippen LogP contribution in [0.3, 0.4) is 0 Å². The van der Waals surface area contributed by atoms with E-state index in [0.29, 0.717) is 36.5 Å². The SMILES string of the molecule is Cc1ccc(OCCNC(=O)CCc2c(C)nc3nc(C(F)(F)F)nn3c2C)cc1. The molecule has 1 aromatic carbocycles. The number of alkyl halides is 3. The lowest BCUT2D eigenvalue weighted by molar-refractivity contribution is -0.144. The normalized spacial score (nSPS) is 11.7. The summed E-state index contributed by atoms with van der Waals surface area (Å²) in [7, 11) is 0. The van der Waals surface area contributed by atoms with Gasteiger partial charge in [0.15, 0.2) is 0 Å². The maximum atomic E-state index is 12.9. The summed E-state index contributed by atoms with van der Waals surface area (Å²) in [6, 6.07) is 7.60. The zero-order valence-corrected chi connectivity index (χ0v) is 16.9. The molecule has 0 bridgehead atoms. The molecular weight excluding hydrogens is 399 g/mol. The number of ether oxygens (including phenoxy) is 1. The lowest BCUT2D eigenvalue weighted by atomic mass is 10.1. The summed E-state index contributed by atoms with van der Waals surface area (Å²) < 4.78 is 45.2. The minimum atomic E-state index is -4.64. The van der Waals surface area contributed by atoms with Crippen molar-refractivity contribution in [3.63, 3.8) is 0 Å². The van der Waals surface area contributed by atoms with Crippen LogP contribution < -0.4 is 10.1 Å². The molecule has 0 aliphatic carbocycles. The molecule has 3 aromatic rings. The summed E-state index contributed by atoms with van der Waals surface area (Å²) in [4.78, 5) is 19.7. The van der Waals surface area contributed by atoms with Crippen LogP contribution in [0.4, 0.5) is 13.2 Å². The number of fused-ring (bicyclic) bond motifs is 1. The summed E-state index contributed by atoms with van der Waals surface area (Å²) >= 11 is 0. The van der Waals surface area contributed by atoms with Crippen LogP contribution in [0.2, 0.25) is 0 Å². The van der Waals surface area contributed by atoms with Gasteiger partial charge in [-0.3, -0.25) is 4.79 Å². The third-order valence-electron chi connectivity index (χ3n) is 4.62. The van der Waals surface area contributed by atoms with E-state index in [1.165, 1.54) is 0 Å². The molecule has 0 saturated carbocycles. The Morgan fingerprint density at radius 1 is 1.13 bits per heavy atom. The first kappa shape index (κ1) is 21.5. The molecule has 1 amide bonds. The fourth-order valence-corrected chi connectivity index (χ4v) is 3.01. The Kier molecular flexibility index (Phi) is 6.23. The molecular formula is C20H22F3N5O2. The lowest BCUT2D eigenvalue weighted by Crippen LogP contribution is -2.28. The molecule has 0 radical (unpaired) electrons. The smallest absolute Gasteiger partial charge is 0.453 e. The van der Waals surface area contributed by atoms with Crippen LogP contribution in [-0.4, -0.2) is 38.6 Å². The molecule has 0 spiro atoms. The molecule has 2 heterocycles. The van der Waals surface area contributed by atoms with E-state index < -0.39 is 12.0 Å². The zero-order chi connectivity index (χ0) is 21.9. The number of amides is 1. The van der Waals surface area contributed by atoms with E-state index >= 15 is 0 Å². The molecule has 0 aliphatic heterocycles. The number of carbonyl (C=O) groups is 1. The van der Waals surface area contributed by atoms with Gasteiger partial charge in [0.05, 0.1) is 6.54 Å². The molecule has 2 aromatic heterocycles. The van der Waals surface area contributed by atoms with Crippen LogP contribution in [0.5, 0.6) is 5.75 Å². The number of hydrogen-bond acceptors (Lipinski definition) is 5. The lowest BCUT2D eigenvalue weighted by Gasteiger charge is -2.11. The third kappa shape index (κ3) is 5.05. The predicted molar refractivity (Wildman–Crippen MR) is 103 cm³/mol. The summed E-state index contributed by atoms with van der Waals surface area (Å²) in [5.41, 5.74) is 2.81.